The molecule has 2 aliphatic carbocycles. The second-order valence-corrected chi connectivity index (χ2v) is 17.8. The number of hydrogen-bond donors (Lipinski definition) is 0. The Hall–Kier alpha value is -8.99. The van der Waals surface area contributed by atoms with Gasteiger partial charge in [0.2, 0.25) is 0 Å². The fraction of sp³-hybridized carbons (Fsp3) is 0.0156. The lowest BCUT2D eigenvalue weighted by atomic mass is 9.70. The van der Waals surface area contributed by atoms with Gasteiger partial charge in [-0.15, -0.1) is 0 Å². The number of aromatic nitrogens is 3. The van der Waals surface area contributed by atoms with Gasteiger partial charge in [0.05, 0.1) is 5.41 Å². The van der Waals surface area contributed by atoms with Crippen LogP contribution in [-0.2, 0) is 5.41 Å². The van der Waals surface area contributed by atoms with Crippen molar-refractivity contribution < 1.29 is 4.42 Å². The van der Waals surface area contributed by atoms with Gasteiger partial charge < -0.3 is 4.42 Å². The maximum Gasteiger partial charge on any atom is 0.164 e. The molecule has 2 aromatic heterocycles. The first kappa shape index (κ1) is 38.3. The zero-order valence-electron chi connectivity index (χ0n) is 36.8. The van der Waals surface area contributed by atoms with Gasteiger partial charge in [-0.25, -0.2) is 15.0 Å². The number of rotatable bonds is 6. The maximum atomic E-state index is 6.21. The number of nitrogens with zero attached hydrogens (tertiary/aromatic N) is 3. The summed E-state index contributed by atoms with van der Waals surface area (Å²) >= 11 is 0. The van der Waals surface area contributed by atoms with Crippen molar-refractivity contribution in [2.45, 2.75) is 5.41 Å². The van der Waals surface area contributed by atoms with Crippen molar-refractivity contribution in [1.82, 2.24) is 15.0 Å². The highest BCUT2D eigenvalue weighted by Gasteiger charge is 2.51. The Labute approximate surface area is 393 Å². The van der Waals surface area contributed by atoms with E-state index in [2.05, 4.69) is 188 Å². The van der Waals surface area contributed by atoms with E-state index in [1.54, 1.807) is 0 Å². The molecule has 2 heterocycles. The minimum atomic E-state index is -0.375. The molecule has 68 heavy (non-hydrogen) atoms. The van der Waals surface area contributed by atoms with Gasteiger partial charge in [0.15, 0.2) is 17.5 Å². The molecule has 0 unspecified atom stereocenters. The van der Waals surface area contributed by atoms with E-state index in [1.807, 2.05) is 48.5 Å². The molecule has 0 fully saturated rings. The number of furan rings is 1. The molecule has 0 atom stereocenters. The van der Waals surface area contributed by atoms with Crippen molar-refractivity contribution in [3.63, 3.8) is 0 Å². The summed E-state index contributed by atoms with van der Waals surface area (Å²) in [5, 5.41) is 2.22. The number of fused-ring (bicyclic) bond motifs is 13. The van der Waals surface area contributed by atoms with E-state index in [1.165, 1.54) is 55.6 Å². The second kappa shape index (κ2) is 15.0. The first-order chi connectivity index (χ1) is 33.7. The Morgan fingerprint density at radius 1 is 0.279 bits per heavy atom. The minimum absolute atomic E-state index is 0.375. The fourth-order valence-corrected chi connectivity index (χ4v) is 11.2. The van der Waals surface area contributed by atoms with E-state index < -0.39 is 0 Å². The fourth-order valence-electron chi connectivity index (χ4n) is 11.2. The summed E-state index contributed by atoms with van der Waals surface area (Å²) in [5.74, 6) is 1.86. The predicted octanol–water partition coefficient (Wildman–Crippen LogP) is 16.1. The summed E-state index contributed by atoms with van der Waals surface area (Å²) < 4.78 is 6.21. The largest absolute Gasteiger partial charge is 0.456 e. The standard InChI is InChI=1S/C64H39N3O/c1-2-15-43(16-3-1)61-65-62(44-37-35-42(36-38-44)48-24-14-30-58-60(48)52-22-7-11-29-57(52)68-58)67-63(66-61)46-18-12-17-45(39-46)40-31-33-41(34-32-40)47-23-13-28-56-59(47)51-21-6-10-27-55(51)64(56)53-25-8-4-19-49(53)50-20-5-9-26-54(50)64/h1-39H. The first-order valence-electron chi connectivity index (χ1n) is 23.2. The van der Waals surface area contributed by atoms with E-state index in [4.69, 9.17) is 19.4 Å². The summed E-state index contributed by atoms with van der Waals surface area (Å²) in [6, 6.07) is 84.6. The van der Waals surface area contributed by atoms with Crippen LogP contribution in [0.3, 0.4) is 0 Å². The van der Waals surface area contributed by atoms with Crippen molar-refractivity contribution in [3.8, 4) is 89.8 Å². The van der Waals surface area contributed by atoms with E-state index in [0.717, 1.165) is 60.9 Å². The highest BCUT2D eigenvalue weighted by Crippen LogP contribution is 2.64. The molecule has 10 aromatic carbocycles. The van der Waals surface area contributed by atoms with Crippen LogP contribution in [0.15, 0.2) is 241 Å². The average Bonchev–Trinajstić information content (AvgIpc) is 4.06. The molecule has 12 aromatic rings. The molecule has 4 heteroatoms. The predicted molar refractivity (Wildman–Crippen MR) is 276 cm³/mol. The lowest BCUT2D eigenvalue weighted by Gasteiger charge is -2.30. The Morgan fingerprint density at radius 2 is 0.721 bits per heavy atom. The molecule has 0 saturated carbocycles. The molecule has 4 nitrogen and oxygen atoms in total. The highest BCUT2D eigenvalue weighted by molar-refractivity contribution is 6.12. The Bertz CT molecular complexity index is 3920. The molecule has 14 rings (SSSR count). The zero-order valence-corrected chi connectivity index (χ0v) is 36.8. The molecule has 1 spiro atoms. The Balaban J connectivity index is 0.829. The van der Waals surface area contributed by atoms with E-state index in [0.29, 0.717) is 17.5 Å². The normalized spacial score (nSPS) is 12.8. The molecular weight excluding hydrogens is 827 g/mol. The van der Waals surface area contributed by atoms with Crippen LogP contribution in [0.25, 0.3) is 112 Å². The molecule has 0 amide bonds. The van der Waals surface area contributed by atoms with Crippen molar-refractivity contribution in [3.05, 3.63) is 259 Å². The highest BCUT2D eigenvalue weighted by atomic mass is 16.3. The van der Waals surface area contributed by atoms with Crippen molar-refractivity contribution in [2.75, 3.05) is 0 Å². The monoisotopic (exact) mass is 865 g/mol. The summed E-state index contributed by atoms with van der Waals surface area (Å²) in [6.07, 6.45) is 0. The molecule has 0 bridgehead atoms. The smallest absolute Gasteiger partial charge is 0.164 e. The second-order valence-electron chi connectivity index (χ2n) is 17.8. The van der Waals surface area contributed by atoms with Crippen LogP contribution >= 0.6 is 0 Å². The Kier molecular flexibility index (Phi) is 8.46. The SMILES string of the molecule is c1ccc(-c2nc(-c3ccc(-c4cccc5oc6ccccc6c45)cc3)nc(-c3cccc(-c4ccc(-c5cccc6c5-c5ccccc5C65c6ccccc6-c6ccccc65)cc4)c3)n2)cc1. The van der Waals surface area contributed by atoms with Gasteiger partial charge >= 0.3 is 0 Å². The van der Waals surface area contributed by atoms with Gasteiger partial charge in [-0.3, -0.25) is 0 Å². The summed E-state index contributed by atoms with van der Waals surface area (Å²) in [5.41, 5.74) is 21.6. The number of para-hydroxylation sites is 1. The average molecular weight is 866 g/mol. The van der Waals surface area contributed by atoms with E-state index in [-0.39, 0.29) is 5.41 Å². The molecule has 0 radical (unpaired) electrons. The van der Waals surface area contributed by atoms with Gasteiger partial charge in [0, 0.05) is 27.5 Å². The third kappa shape index (κ3) is 5.71. The third-order valence-corrected chi connectivity index (χ3v) is 14.2. The number of hydrogen-bond acceptors (Lipinski definition) is 4. The number of benzene rings is 10. The van der Waals surface area contributed by atoms with Crippen LogP contribution in [0.4, 0.5) is 0 Å². The minimum Gasteiger partial charge on any atom is -0.456 e. The van der Waals surface area contributed by atoms with Crippen LogP contribution in [0.5, 0.6) is 0 Å². The summed E-state index contributed by atoms with van der Waals surface area (Å²) in [6.45, 7) is 0. The van der Waals surface area contributed by atoms with Gasteiger partial charge in [-0.1, -0.05) is 218 Å². The van der Waals surface area contributed by atoms with Gasteiger partial charge in [-0.05, 0) is 96.1 Å². The van der Waals surface area contributed by atoms with Gasteiger partial charge in [0.1, 0.15) is 11.2 Å². The maximum absolute atomic E-state index is 6.21. The van der Waals surface area contributed by atoms with E-state index >= 15 is 0 Å². The lowest BCUT2D eigenvalue weighted by Crippen LogP contribution is -2.25. The van der Waals surface area contributed by atoms with Gasteiger partial charge in [-0.2, -0.15) is 0 Å². The first-order valence-corrected chi connectivity index (χ1v) is 23.2. The van der Waals surface area contributed by atoms with Crippen molar-refractivity contribution >= 4 is 21.9 Å². The third-order valence-electron chi connectivity index (χ3n) is 14.2. The molecule has 0 N–H and O–H groups in total. The lowest BCUT2D eigenvalue weighted by molar-refractivity contribution is 0.669. The van der Waals surface area contributed by atoms with Gasteiger partial charge in [0.25, 0.3) is 0 Å². The molecule has 0 aliphatic heterocycles. The van der Waals surface area contributed by atoms with Crippen molar-refractivity contribution in [2.24, 2.45) is 0 Å². The Morgan fingerprint density at radius 3 is 1.44 bits per heavy atom. The van der Waals surface area contributed by atoms with Crippen LogP contribution < -0.4 is 0 Å². The molecule has 0 saturated heterocycles. The van der Waals surface area contributed by atoms with Crippen LogP contribution in [0.1, 0.15) is 22.3 Å². The summed E-state index contributed by atoms with van der Waals surface area (Å²) in [4.78, 5) is 15.3. The van der Waals surface area contributed by atoms with E-state index in [9.17, 15) is 0 Å². The van der Waals surface area contributed by atoms with Crippen molar-refractivity contribution in [1.29, 1.82) is 0 Å². The topological polar surface area (TPSA) is 51.8 Å². The quantitative estimate of drug-likeness (QED) is 0.167. The molecule has 2 aliphatic rings. The zero-order chi connectivity index (χ0) is 44.8. The van der Waals surface area contributed by atoms with Crippen LogP contribution in [0, 0.1) is 0 Å². The van der Waals surface area contributed by atoms with Crippen LogP contribution in [-0.4, -0.2) is 15.0 Å². The van der Waals surface area contributed by atoms with Crippen LogP contribution in [0.2, 0.25) is 0 Å². The molecular formula is C64H39N3O. The summed E-state index contributed by atoms with van der Waals surface area (Å²) in [7, 11) is 0. The molecule has 316 valence electrons.